The number of nitrogens with zero attached hydrogens (tertiary/aromatic N) is 2. The number of sulfonamides is 1. The van der Waals surface area contributed by atoms with Gasteiger partial charge in [0.2, 0.25) is 15.9 Å². The maximum atomic E-state index is 11.3. The van der Waals surface area contributed by atoms with Crippen molar-refractivity contribution in [3.8, 4) is 11.1 Å². The Labute approximate surface area is 289 Å². The number of hydrogen-bond donors (Lipinski definition) is 1. The Kier molecular flexibility index (Phi) is 18.8. The van der Waals surface area contributed by atoms with Crippen molar-refractivity contribution in [3.63, 3.8) is 0 Å². The van der Waals surface area contributed by atoms with Crippen LogP contribution >= 0.6 is 0 Å². The van der Waals surface area contributed by atoms with Gasteiger partial charge in [0.15, 0.2) is 0 Å². The molecule has 2 fully saturated rings. The lowest BCUT2D eigenvalue weighted by Crippen LogP contribution is -2.32. The van der Waals surface area contributed by atoms with Gasteiger partial charge in [-0.15, -0.1) is 0 Å². The third-order valence-corrected chi connectivity index (χ3v) is 10.2. The van der Waals surface area contributed by atoms with Gasteiger partial charge in [0.25, 0.3) is 0 Å². The summed E-state index contributed by atoms with van der Waals surface area (Å²) in [5.41, 5.74) is 6.21. The molecule has 268 valence electrons. The molecule has 47 heavy (non-hydrogen) atoms. The fourth-order valence-electron chi connectivity index (χ4n) is 4.36. The molecule has 0 radical (unpaired) electrons. The molecule has 0 unspecified atom stereocenters. The van der Waals surface area contributed by atoms with Crippen molar-refractivity contribution in [2.75, 3.05) is 13.1 Å². The summed E-state index contributed by atoms with van der Waals surface area (Å²) in [7, 11) is -2.94. The highest BCUT2D eigenvalue weighted by atomic mass is 32.2. The van der Waals surface area contributed by atoms with E-state index in [1.807, 2.05) is 58.6 Å². The minimum Gasteiger partial charge on any atom is -0.393 e. The average Bonchev–Trinajstić information content (AvgIpc) is 3.60. The smallest absolute Gasteiger partial charge is 0.225 e. The molecule has 1 heterocycles. The summed E-state index contributed by atoms with van der Waals surface area (Å²) in [6.07, 6.45) is 4.15. The molecule has 3 aliphatic rings. The van der Waals surface area contributed by atoms with E-state index in [1.54, 1.807) is 0 Å². The topological polar surface area (TPSA) is 88.1 Å². The molecule has 1 saturated heterocycles. The first kappa shape index (κ1) is 44.3. The molecular weight excluding hydrogens is 607 g/mol. The zero-order valence-electron chi connectivity index (χ0n) is 29.7. The molecule has 5 rings (SSSR count). The zero-order chi connectivity index (χ0) is 33.9. The van der Waals surface area contributed by atoms with E-state index < -0.39 is 10.0 Å². The van der Waals surface area contributed by atoms with E-state index in [-0.39, 0.29) is 38.2 Å². The molecule has 7 nitrogen and oxygen atoms in total. The van der Waals surface area contributed by atoms with Gasteiger partial charge in [-0.25, -0.2) is 13.1 Å². The van der Waals surface area contributed by atoms with Crippen LogP contribution in [0.25, 0.3) is 11.1 Å². The number of nitrogens with one attached hydrogen (secondary N) is 1. The van der Waals surface area contributed by atoms with Crippen molar-refractivity contribution < 1.29 is 18.0 Å². The number of amides is 1. The molecule has 8 heteroatoms. The Morgan fingerprint density at radius 2 is 1.21 bits per heavy atom. The minimum atomic E-state index is -2.94. The first-order chi connectivity index (χ1) is 21.0. The highest BCUT2D eigenvalue weighted by molar-refractivity contribution is 7.90. The van der Waals surface area contributed by atoms with Gasteiger partial charge in [0.1, 0.15) is 11.8 Å². The molecule has 2 aromatic carbocycles. The molecule has 0 aromatic heterocycles. The number of likely N-dealkylation sites (tertiary alicyclic amines) is 1. The molecule has 0 bridgehead atoms. The van der Waals surface area contributed by atoms with Crippen molar-refractivity contribution >= 4 is 21.6 Å². The number of benzene rings is 2. The Hall–Kier alpha value is -2.71. The van der Waals surface area contributed by atoms with E-state index in [0.717, 1.165) is 48.7 Å². The lowest BCUT2D eigenvalue weighted by molar-refractivity contribution is -0.133. The summed E-state index contributed by atoms with van der Waals surface area (Å²) >= 11 is 0. The number of carbonyl (C=O) groups is 1. The van der Waals surface area contributed by atoms with Gasteiger partial charge in [-0.05, 0) is 75.8 Å². The monoisotopic (exact) mass is 673 g/mol. The number of fused-ring (bicyclic) bond motifs is 3. The fraction of sp³-hybridized carbons (Fsp3) is 0.641. The number of carbonyl (C=O) groups excluding carboxylic acids is 1. The van der Waals surface area contributed by atoms with E-state index in [2.05, 4.69) is 80.9 Å². The van der Waals surface area contributed by atoms with Gasteiger partial charge in [-0.3, -0.25) is 4.79 Å². The first-order valence-electron chi connectivity index (χ1n) is 16.7. The first-order valence-corrected chi connectivity index (χ1v) is 18.2. The van der Waals surface area contributed by atoms with E-state index in [0.29, 0.717) is 11.3 Å². The van der Waals surface area contributed by atoms with Crippen LogP contribution in [0.2, 0.25) is 0 Å². The summed E-state index contributed by atoms with van der Waals surface area (Å²) in [5.74, 6) is 1.29. The summed E-state index contributed by atoms with van der Waals surface area (Å²) in [4.78, 5) is 18.7. The van der Waals surface area contributed by atoms with Crippen LogP contribution in [-0.2, 0) is 19.7 Å². The van der Waals surface area contributed by atoms with Gasteiger partial charge < -0.3 is 9.74 Å². The molecular formula is C39H67N3O4S. The summed E-state index contributed by atoms with van der Waals surface area (Å²) in [5, 5.41) is 4.23. The molecule has 0 spiro atoms. The van der Waals surface area contributed by atoms with Crippen LogP contribution in [0.3, 0.4) is 0 Å². The second-order valence-electron chi connectivity index (χ2n) is 14.4. The van der Waals surface area contributed by atoms with E-state index in [4.69, 9.17) is 4.84 Å². The standard InChI is InChI=1S/C16H15NO.C8H15NO.C7H16.C6H13NO2S.2CH4/c1-11(2)18-17-16-14-9-5-3-7-12(14)13-8-4-6-10-15(13)16;1-7(2)8(10)9-5-3-4-6-9;1-6(2)7(3,4)5;1-5(2)7-10(8,9)6-3-4-6;;/h3-11H,1-2H3;7H,3-6H2,1-2H3;6H,1-5H3;5-7H,3-4H2,1-2H3;2*1H4. The largest absolute Gasteiger partial charge is 0.393 e. The highest BCUT2D eigenvalue weighted by Gasteiger charge is 2.35. The number of rotatable bonds is 6. The van der Waals surface area contributed by atoms with Crippen molar-refractivity contribution in [2.45, 2.75) is 134 Å². The minimum absolute atomic E-state index is 0. The van der Waals surface area contributed by atoms with Crippen molar-refractivity contribution in [1.29, 1.82) is 0 Å². The average molecular weight is 674 g/mol. The predicted molar refractivity (Wildman–Crippen MR) is 202 cm³/mol. The molecule has 1 saturated carbocycles. The third kappa shape index (κ3) is 14.5. The third-order valence-electron chi connectivity index (χ3n) is 8.02. The van der Waals surface area contributed by atoms with Crippen LogP contribution in [0.15, 0.2) is 53.7 Å². The van der Waals surface area contributed by atoms with Crippen LogP contribution in [0.1, 0.15) is 128 Å². The molecule has 2 aromatic rings. The summed E-state index contributed by atoms with van der Waals surface area (Å²) in [6.45, 7) is 24.8. The second-order valence-corrected chi connectivity index (χ2v) is 16.4. The van der Waals surface area contributed by atoms with E-state index in [1.165, 1.54) is 24.0 Å². The molecule has 1 N–H and O–H groups in total. The van der Waals surface area contributed by atoms with Crippen LogP contribution in [0.5, 0.6) is 0 Å². The van der Waals surface area contributed by atoms with Crippen molar-refractivity contribution in [3.05, 3.63) is 59.7 Å². The van der Waals surface area contributed by atoms with Crippen LogP contribution < -0.4 is 4.72 Å². The molecule has 1 amide bonds. The number of hydrogen-bond acceptors (Lipinski definition) is 5. The quantitative estimate of drug-likeness (QED) is 0.264. The molecule has 1 aliphatic heterocycles. The Bertz CT molecular complexity index is 1300. The normalized spacial score (nSPS) is 14.8. The van der Waals surface area contributed by atoms with Crippen LogP contribution in [-0.4, -0.2) is 55.4 Å². The van der Waals surface area contributed by atoms with Crippen molar-refractivity contribution in [1.82, 2.24) is 9.62 Å². The lowest BCUT2D eigenvalue weighted by Gasteiger charge is -2.22. The predicted octanol–water partition coefficient (Wildman–Crippen LogP) is 9.55. The lowest BCUT2D eigenvalue weighted by atomic mass is 9.84. The Balaban J connectivity index is 0.000000635. The van der Waals surface area contributed by atoms with E-state index in [9.17, 15) is 13.2 Å². The van der Waals surface area contributed by atoms with E-state index >= 15 is 0 Å². The van der Waals surface area contributed by atoms with Gasteiger partial charge >= 0.3 is 0 Å². The maximum Gasteiger partial charge on any atom is 0.225 e. The summed E-state index contributed by atoms with van der Waals surface area (Å²) in [6, 6.07) is 16.7. The van der Waals surface area contributed by atoms with Crippen LogP contribution in [0.4, 0.5) is 0 Å². The van der Waals surface area contributed by atoms with Crippen molar-refractivity contribution in [2.24, 2.45) is 22.4 Å². The molecule has 0 atom stereocenters. The zero-order valence-corrected chi connectivity index (χ0v) is 30.5. The number of oxime groups is 1. The van der Waals surface area contributed by atoms with Crippen LogP contribution in [0, 0.1) is 17.3 Å². The summed E-state index contributed by atoms with van der Waals surface area (Å²) < 4.78 is 24.7. The Morgan fingerprint density at radius 1 is 0.809 bits per heavy atom. The van der Waals surface area contributed by atoms with Gasteiger partial charge in [0.05, 0.1) is 5.25 Å². The van der Waals surface area contributed by atoms with Gasteiger partial charge in [0, 0.05) is 36.2 Å². The van der Waals surface area contributed by atoms with Gasteiger partial charge in [-0.2, -0.15) is 0 Å². The molecule has 2 aliphatic carbocycles. The maximum absolute atomic E-state index is 11.3. The SMILES string of the molecule is C.C.CC(C)C(=O)N1CCCC1.CC(C)C(C)(C)C.CC(C)NS(=O)(=O)C1CC1.CC(C)ON=C1c2ccccc2-c2ccccc21. The highest BCUT2D eigenvalue weighted by Crippen LogP contribution is 2.36. The Morgan fingerprint density at radius 3 is 1.53 bits per heavy atom. The second kappa shape index (κ2) is 20.0. The fourth-order valence-corrected chi connectivity index (χ4v) is 5.96. The van der Waals surface area contributed by atoms with Gasteiger partial charge in [-0.1, -0.05) is 117 Å².